The van der Waals surface area contributed by atoms with Gasteiger partial charge in [-0.3, -0.25) is 4.79 Å². The predicted octanol–water partition coefficient (Wildman–Crippen LogP) is 1.74. The van der Waals surface area contributed by atoms with Gasteiger partial charge < -0.3 is 15.3 Å². The van der Waals surface area contributed by atoms with E-state index in [1.54, 1.807) is 30.1 Å². The Hall–Kier alpha value is -1.55. The lowest BCUT2D eigenvalue weighted by Crippen LogP contribution is -2.34. The second-order valence-electron chi connectivity index (χ2n) is 4.58. The Kier molecular flexibility index (Phi) is 5.65. The maximum Gasteiger partial charge on any atom is 0.224 e. The number of phenolic OH excluding ortho intramolecular Hbond substituents is 1. The number of hydrogen-bond acceptors (Lipinski definition) is 3. The van der Waals surface area contributed by atoms with E-state index < -0.39 is 0 Å². The molecule has 4 nitrogen and oxygen atoms in total. The minimum Gasteiger partial charge on any atom is -0.508 e. The highest BCUT2D eigenvalue weighted by atomic mass is 16.3. The number of nitrogens with one attached hydrogen (secondary N) is 1. The minimum atomic E-state index is 0.104. The summed E-state index contributed by atoms with van der Waals surface area (Å²) in [7, 11) is 1.78. The van der Waals surface area contributed by atoms with Crippen molar-refractivity contribution >= 4 is 5.91 Å². The van der Waals surface area contributed by atoms with E-state index in [2.05, 4.69) is 5.32 Å². The fourth-order valence-electron chi connectivity index (χ4n) is 1.86. The lowest BCUT2D eigenvalue weighted by Gasteiger charge is -2.20. The third kappa shape index (κ3) is 4.75. The number of carbonyl (C=O) groups is 1. The van der Waals surface area contributed by atoms with E-state index in [9.17, 15) is 9.90 Å². The molecule has 1 rings (SSSR count). The van der Waals surface area contributed by atoms with Crippen molar-refractivity contribution in [3.05, 3.63) is 29.8 Å². The van der Waals surface area contributed by atoms with Crippen LogP contribution in [0.4, 0.5) is 0 Å². The summed E-state index contributed by atoms with van der Waals surface area (Å²) in [5, 5.41) is 12.6. The van der Waals surface area contributed by atoms with Crippen LogP contribution in [0.1, 0.15) is 25.8 Å². The van der Waals surface area contributed by atoms with Gasteiger partial charge in [0, 0.05) is 26.1 Å². The van der Waals surface area contributed by atoms with Crippen LogP contribution in [0.25, 0.3) is 0 Å². The highest BCUT2D eigenvalue weighted by Crippen LogP contribution is 2.12. The van der Waals surface area contributed by atoms with E-state index in [1.807, 2.05) is 19.9 Å². The Balaban J connectivity index is 2.49. The molecule has 0 spiro atoms. The zero-order chi connectivity index (χ0) is 13.5. The van der Waals surface area contributed by atoms with Gasteiger partial charge >= 0.3 is 0 Å². The maximum atomic E-state index is 11.9. The van der Waals surface area contributed by atoms with Crippen molar-refractivity contribution in [2.75, 3.05) is 13.6 Å². The van der Waals surface area contributed by atoms with Crippen molar-refractivity contribution in [3.8, 4) is 5.75 Å². The average molecular weight is 250 g/mol. The van der Waals surface area contributed by atoms with Crippen molar-refractivity contribution in [2.45, 2.75) is 32.9 Å². The van der Waals surface area contributed by atoms with Gasteiger partial charge in [0.1, 0.15) is 5.75 Å². The smallest absolute Gasteiger partial charge is 0.224 e. The highest BCUT2D eigenvalue weighted by Gasteiger charge is 2.13. The molecule has 1 unspecified atom stereocenters. The van der Waals surface area contributed by atoms with E-state index in [4.69, 9.17) is 0 Å². The molecule has 100 valence electrons. The molecule has 1 aromatic carbocycles. The molecule has 0 saturated carbocycles. The quantitative estimate of drug-likeness (QED) is 0.808. The highest BCUT2D eigenvalue weighted by molar-refractivity contribution is 5.76. The van der Waals surface area contributed by atoms with Crippen molar-refractivity contribution in [2.24, 2.45) is 0 Å². The van der Waals surface area contributed by atoms with Gasteiger partial charge in [0.25, 0.3) is 0 Å². The van der Waals surface area contributed by atoms with Gasteiger partial charge in [-0.15, -0.1) is 0 Å². The van der Waals surface area contributed by atoms with E-state index in [-0.39, 0.29) is 17.7 Å². The summed E-state index contributed by atoms with van der Waals surface area (Å²) in [4.78, 5) is 13.6. The minimum absolute atomic E-state index is 0.104. The fraction of sp³-hybridized carbons (Fsp3) is 0.500. The summed E-state index contributed by atoms with van der Waals surface area (Å²) in [5.41, 5.74) is 0.932. The fourth-order valence-corrected chi connectivity index (χ4v) is 1.86. The molecule has 0 radical (unpaired) electrons. The van der Waals surface area contributed by atoms with Crippen LogP contribution in [0, 0.1) is 0 Å². The van der Waals surface area contributed by atoms with Crippen LogP contribution in [0.3, 0.4) is 0 Å². The summed E-state index contributed by atoms with van der Waals surface area (Å²) in [6.07, 6.45) is 0.489. The summed E-state index contributed by atoms with van der Waals surface area (Å²) >= 11 is 0. The summed E-state index contributed by atoms with van der Waals surface area (Å²) in [6.45, 7) is 5.41. The summed E-state index contributed by atoms with van der Waals surface area (Å²) < 4.78 is 0. The summed E-state index contributed by atoms with van der Waals surface area (Å²) in [5.74, 6) is 0.334. The third-order valence-electron chi connectivity index (χ3n) is 2.79. The van der Waals surface area contributed by atoms with Crippen molar-refractivity contribution in [3.63, 3.8) is 0 Å². The Bertz CT molecular complexity index is 393. The van der Waals surface area contributed by atoms with Crippen LogP contribution < -0.4 is 5.32 Å². The number of rotatable bonds is 6. The molecule has 0 aromatic heterocycles. The molecular formula is C14H22N2O2. The van der Waals surface area contributed by atoms with Gasteiger partial charge in [0.05, 0.1) is 0 Å². The van der Waals surface area contributed by atoms with Crippen molar-refractivity contribution in [1.82, 2.24) is 10.2 Å². The van der Waals surface area contributed by atoms with Gasteiger partial charge in [-0.05, 0) is 31.2 Å². The number of nitrogens with zero attached hydrogens (tertiary/aromatic N) is 1. The molecule has 0 bridgehead atoms. The van der Waals surface area contributed by atoms with Gasteiger partial charge in [-0.1, -0.05) is 19.1 Å². The van der Waals surface area contributed by atoms with Crippen LogP contribution in [-0.4, -0.2) is 35.5 Å². The summed E-state index contributed by atoms with van der Waals surface area (Å²) in [6, 6.07) is 7.17. The van der Waals surface area contributed by atoms with E-state index in [0.29, 0.717) is 13.0 Å². The number of phenols is 1. The first-order chi connectivity index (χ1) is 8.52. The van der Waals surface area contributed by atoms with Gasteiger partial charge in [-0.25, -0.2) is 0 Å². The van der Waals surface area contributed by atoms with Crippen LogP contribution in [0.5, 0.6) is 5.75 Å². The normalized spacial score (nSPS) is 12.2. The number of carbonyl (C=O) groups excluding carboxylic acids is 1. The van der Waals surface area contributed by atoms with E-state index in [1.165, 1.54) is 0 Å². The Labute approximate surface area is 109 Å². The van der Waals surface area contributed by atoms with Crippen LogP contribution in [0.2, 0.25) is 0 Å². The molecule has 0 aliphatic carbocycles. The molecule has 1 atom stereocenters. The molecule has 2 N–H and O–H groups in total. The van der Waals surface area contributed by atoms with Crippen LogP contribution in [-0.2, 0) is 11.3 Å². The number of aromatic hydroxyl groups is 1. The first kappa shape index (κ1) is 14.5. The molecule has 0 saturated heterocycles. The maximum absolute atomic E-state index is 11.9. The lowest BCUT2D eigenvalue weighted by molar-refractivity contribution is -0.130. The molecule has 1 aromatic rings. The van der Waals surface area contributed by atoms with Crippen molar-refractivity contribution in [1.29, 1.82) is 0 Å². The molecule has 1 amide bonds. The number of benzene rings is 1. The molecular weight excluding hydrogens is 228 g/mol. The van der Waals surface area contributed by atoms with E-state index in [0.717, 1.165) is 12.1 Å². The largest absolute Gasteiger partial charge is 0.508 e. The third-order valence-corrected chi connectivity index (χ3v) is 2.79. The average Bonchev–Trinajstić information content (AvgIpc) is 2.29. The topological polar surface area (TPSA) is 52.6 Å². The van der Waals surface area contributed by atoms with Crippen LogP contribution in [0.15, 0.2) is 24.3 Å². The monoisotopic (exact) mass is 250 g/mol. The lowest BCUT2D eigenvalue weighted by atomic mass is 10.1. The molecule has 0 heterocycles. The molecule has 0 fully saturated rings. The number of amides is 1. The first-order valence-corrected chi connectivity index (χ1v) is 6.28. The molecule has 0 aliphatic heterocycles. The molecule has 4 heteroatoms. The van der Waals surface area contributed by atoms with Gasteiger partial charge in [0.2, 0.25) is 5.91 Å². The number of hydrogen-bond donors (Lipinski definition) is 2. The SMILES string of the molecule is CCNC(C)CC(=O)N(C)Cc1cccc(O)c1. The standard InChI is InChI=1S/C14H22N2O2/c1-4-15-11(2)8-14(18)16(3)10-12-6-5-7-13(17)9-12/h5-7,9,11,15,17H,4,8,10H2,1-3H3. The molecule has 18 heavy (non-hydrogen) atoms. The Morgan fingerprint density at radius 3 is 2.83 bits per heavy atom. The first-order valence-electron chi connectivity index (χ1n) is 6.28. The van der Waals surface area contributed by atoms with Crippen LogP contribution >= 0.6 is 0 Å². The second kappa shape index (κ2) is 7.01. The molecule has 0 aliphatic rings. The van der Waals surface area contributed by atoms with Crippen molar-refractivity contribution < 1.29 is 9.90 Å². The van der Waals surface area contributed by atoms with E-state index >= 15 is 0 Å². The zero-order valence-electron chi connectivity index (χ0n) is 11.3. The Morgan fingerprint density at radius 1 is 1.50 bits per heavy atom. The van der Waals surface area contributed by atoms with Gasteiger partial charge in [0.15, 0.2) is 0 Å². The zero-order valence-corrected chi connectivity index (χ0v) is 11.3. The predicted molar refractivity (Wildman–Crippen MR) is 72.3 cm³/mol. The Morgan fingerprint density at radius 2 is 2.22 bits per heavy atom. The van der Waals surface area contributed by atoms with Gasteiger partial charge in [-0.2, -0.15) is 0 Å². The second-order valence-corrected chi connectivity index (χ2v) is 4.58.